The van der Waals surface area contributed by atoms with E-state index in [1.165, 1.54) is 23.7 Å². The number of nitrogens with zero attached hydrogens (tertiary/aromatic N) is 5. The van der Waals surface area contributed by atoms with Crippen LogP contribution in [-0.2, 0) is 9.84 Å². The van der Waals surface area contributed by atoms with Gasteiger partial charge in [0.25, 0.3) is 5.91 Å². The lowest BCUT2D eigenvalue weighted by Crippen LogP contribution is -2.44. The molecule has 11 heteroatoms. The molecule has 0 bridgehead atoms. The molecule has 0 atom stereocenters. The van der Waals surface area contributed by atoms with Gasteiger partial charge in [0.05, 0.1) is 15.1 Å². The predicted molar refractivity (Wildman–Crippen MR) is 112 cm³/mol. The van der Waals surface area contributed by atoms with Crippen LogP contribution >= 0.6 is 11.3 Å². The van der Waals surface area contributed by atoms with Crippen LogP contribution < -0.4 is 10.2 Å². The maximum Gasteiger partial charge on any atom is 0.276 e. The SMILES string of the molecule is CN1CCN(c2cc(C(=O)Nc3nc4ccc(S(C)(=O)=O)cc4s3)ncn2)CC1. The smallest absolute Gasteiger partial charge is 0.276 e. The summed E-state index contributed by atoms with van der Waals surface area (Å²) >= 11 is 1.22. The highest BCUT2D eigenvalue weighted by atomic mass is 32.2. The minimum atomic E-state index is -3.30. The van der Waals surface area contributed by atoms with Crippen LogP contribution in [0.5, 0.6) is 0 Å². The van der Waals surface area contributed by atoms with E-state index in [0.29, 0.717) is 15.3 Å². The fraction of sp³-hybridized carbons (Fsp3) is 0.333. The van der Waals surface area contributed by atoms with E-state index in [0.717, 1.165) is 38.3 Å². The molecule has 0 radical (unpaired) electrons. The van der Waals surface area contributed by atoms with Crippen molar-refractivity contribution < 1.29 is 13.2 Å². The van der Waals surface area contributed by atoms with Gasteiger partial charge in [-0.25, -0.2) is 23.4 Å². The Bertz CT molecular complexity index is 1170. The molecule has 0 spiro atoms. The van der Waals surface area contributed by atoms with Crippen molar-refractivity contribution in [2.24, 2.45) is 0 Å². The van der Waals surface area contributed by atoms with Gasteiger partial charge in [-0.15, -0.1) is 0 Å². The molecule has 0 unspecified atom stereocenters. The monoisotopic (exact) mass is 432 g/mol. The van der Waals surface area contributed by atoms with E-state index in [1.807, 2.05) is 0 Å². The fourth-order valence-electron chi connectivity index (χ4n) is 3.03. The van der Waals surface area contributed by atoms with Gasteiger partial charge in [-0.1, -0.05) is 11.3 Å². The first-order valence-corrected chi connectivity index (χ1v) is 11.7. The van der Waals surface area contributed by atoms with Gasteiger partial charge < -0.3 is 9.80 Å². The van der Waals surface area contributed by atoms with Crippen molar-refractivity contribution in [3.8, 4) is 0 Å². The largest absolute Gasteiger partial charge is 0.354 e. The van der Waals surface area contributed by atoms with Crippen LogP contribution in [0.3, 0.4) is 0 Å². The average Bonchev–Trinajstić information content (AvgIpc) is 3.09. The van der Waals surface area contributed by atoms with Crippen LogP contribution in [-0.4, -0.2) is 73.7 Å². The zero-order valence-electron chi connectivity index (χ0n) is 16.0. The van der Waals surface area contributed by atoms with Gasteiger partial charge in [0, 0.05) is 38.5 Å². The molecule has 1 amide bonds. The summed E-state index contributed by atoms with van der Waals surface area (Å²) in [5.74, 6) is 0.338. The Morgan fingerprint density at radius 2 is 1.90 bits per heavy atom. The van der Waals surface area contributed by atoms with E-state index >= 15 is 0 Å². The molecule has 0 aliphatic carbocycles. The number of carbonyl (C=O) groups is 1. The first-order valence-electron chi connectivity index (χ1n) is 8.97. The van der Waals surface area contributed by atoms with Crippen molar-refractivity contribution in [1.82, 2.24) is 19.9 Å². The number of sulfone groups is 1. The van der Waals surface area contributed by atoms with E-state index in [9.17, 15) is 13.2 Å². The number of anilines is 2. The summed E-state index contributed by atoms with van der Waals surface area (Å²) in [6.45, 7) is 3.56. The summed E-state index contributed by atoms with van der Waals surface area (Å²) in [5, 5.41) is 3.13. The number of piperazine rings is 1. The van der Waals surface area contributed by atoms with Crippen LogP contribution in [0.15, 0.2) is 35.5 Å². The molecule has 1 N–H and O–H groups in total. The van der Waals surface area contributed by atoms with Crippen molar-refractivity contribution in [2.45, 2.75) is 4.90 Å². The van der Waals surface area contributed by atoms with Gasteiger partial charge in [-0.05, 0) is 25.2 Å². The molecule has 1 aliphatic heterocycles. The Morgan fingerprint density at radius 3 is 2.62 bits per heavy atom. The molecular formula is C18H20N6O3S2. The number of benzene rings is 1. The molecule has 3 heterocycles. The molecule has 1 fully saturated rings. The summed E-state index contributed by atoms with van der Waals surface area (Å²) in [7, 11) is -1.23. The third-order valence-corrected chi connectivity index (χ3v) is 6.76. The minimum absolute atomic E-state index is 0.221. The lowest BCUT2D eigenvalue weighted by molar-refractivity contribution is 0.102. The molecule has 4 rings (SSSR count). The molecule has 1 aliphatic rings. The van der Waals surface area contributed by atoms with E-state index in [1.54, 1.807) is 18.2 Å². The molecule has 152 valence electrons. The Balaban J connectivity index is 1.53. The summed E-state index contributed by atoms with van der Waals surface area (Å²) in [6, 6.07) is 6.38. The third kappa shape index (κ3) is 4.36. The van der Waals surface area contributed by atoms with Crippen LogP contribution in [0.25, 0.3) is 10.2 Å². The van der Waals surface area contributed by atoms with Gasteiger partial charge in [-0.3, -0.25) is 10.1 Å². The highest BCUT2D eigenvalue weighted by Gasteiger charge is 2.18. The molecule has 9 nitrogen and oxygen atoms in total. The maximum atomic E-state index is 12.6. The molecule has 3 aromatic rings. The molecule has 29 heavy (non-hydrogen) atoms. The first-order chi connectivity index (χ1) is 13.8. The van der Waals surface area contributed by atoms with E-state index in [4.69, 9.17) is 0 Å². The van der Waals surface area contributed by atoms with Crippen molar-refractivity contribution >= 4 is 48.2 Å². The number of hydrogen-bond donors (Lipinski definition) is 1. The number of amides is 1. The lowest BCUT2D eigenvalue weighted by Gasteiger charge is -2.33. The number of likely N-dealkylation sites (N-methyl/N-ethyl adjacent to an activating group) is 1. The Morgan fingerprint density at radius 1 is 1.14 bits per heavy atom. The quantitative estimate of drug-likeness (QED) is 0.661. The molecule has 1 aromatic carbocycles. The van der Waals surface area contributed by atoms with Crippen LogP contribution in [0.2, 0.25) is 0 Å². The van der Waals surface area contributed by atoms with Crippen LogP contribution in [0.4, 0.5) is 10.9 Å². The lowest BCUT2D eigenvalue weighted by atomic mass is 10.3. The van der Waals surface area contributed by atoms with Gasteiger partial charge >= 0.3 is 0 Å². The minimum Gasteiger partial charge on any atom is -0.354 e. The van der Waals surface area contributed by atoms with Gasteiger partial charge in [0.15, 0.2) is 15.0 Å². The van der Waals surface area contributed by atoms with Crippen LogP contribution in [0, 0.1) is 0 Å². The second-order valence-corrected chi connectivity index (χ2v) is 9.97. The van der Waals surface area contributed by atoms with Crippen molar-refractivity contribution in [1.29, 1.82) is 0 Å². The molecule has 1 saturated heterocycles. The first kappa shape index (κ1) is 19.7. The second kappa shape index (κ2) is 7.65. The molecule has 2 aromatic heterocycles. The number of fused-ring (bicyclic) bond motifs is 1. The Kier molecular flexibility index (Phi) is 5.19. The second-order valence-electron chi connectivity index (χ2n) is 6.93. The number of carbonyl (C=O) groups excluding carboxylic acids is 1. The van der Waals surface area contributed by atoms with Crippen LogP contribution in [0.1, 0.15) is 10.5 Å². The molecular weight excluding hydrogens is 412 g/mol. The van der Waals surface area contributed by atoms with Gasteiger partial charge in [-0.2, -0.15) is 0 Å². The number of nitrogens with one attached hydrogen (secondary N) is 1. The maximum absolute atomic E-state index is 12.6. The fourth-order valence-corrected chi connectivity index (χ4v) is 4.65. The summed E-state index contributed by atoms with van der Waals surface area (Å²) in [5.41, 5.74) is 0.878. The zero-order valence-corrected chi connectivity index (χ0v) is 17.6. The number of hydrogen-bond acceptors (Lipinski definition) is 9. The Hall–Kier alpha value is -2.63. The average molecular weight is 433 g/mol. The topological polar surface area (TPSA) is 108 Å². The highest BCUT2D eigenvalue weighted by molar-refractivity contribution is 7.90. The number of aromatic nitrogens is 3. The standard InChI is InChI=1S/C18H20N6O3S2/c1-23-5-7-24(8-6-23)16-10-14(19-11-20-16)17(25)22-18-21-13-4-3-12(29(2,26)27)9-15(13)28-18/h3-4,9-11H,5-8H2,1-2H3,(H,21,22,25). The molecule has 0 saturated carbocycles. The zero-order chi connectivity index (χ0) is 20.6. The van der Waals surface area contributed by atoms with Crippen molar-refractivity contribution in [2.75, 3.05) is 49.7 Å². The van der Waals surface area contributed by atoms with Crippen molar-refractivity contribution in [3.63, 3.8) is 0 Å². The summed E-state index contributed by atoms with van der Waals surface area (Å²) < 4.78 is 24.1. The van der Waals surface area contributed by atoms with E-state index in [2.05, 4.69) is 37.1 Å². The third-order valence-electron chi connectivity index (χ3n) is 4.72. The predicted octanol–water partition coefficient (Wildman–Crippen LogP) is 1.49. The number of rotatable bonds is 4. The van der Waals surface area contributed by atoms with E-state index in [-0.39, 0.29) is 16.5 Å². The van der Waals surface area contributed by atoms with E-state index < -0.39 is 9.84 Å². The highest BCUT2D eigenvalue weighted by Crippen LogP contribution is 2.28. The normalized spacial score (nSPS) is 15.6. The Labute approximate surface area is 172 Å². The number of thiazole rings is 1. The van der Waals surface area contributed by atoms with Gasteiger partial charge in [0.1, 0.15) is 17.8 Å². The summed E-state index contributed by atoms with van der Waals surface area (Å²) in [6.07, 6.45) is 2.55. The van der Waals surface area contributed by atoms with Gasteiger partial charge in [0.2, 0.25) is 0 Å². The van der Waals surface area contributed by atoms with Crippen molar-refractivity contribution in [3.05, 3.63) is 36.3 Å². The summed E-state index contributed by atoms with van der Waals surface area (Å²) in [4.78, 5) is 30.0.